The minimum Gasteiger partial charge on any atom is -0.318 e. The van der Waals surface area contributed by atoms with Gasteiger partial charge in [-0.25, -0.2) is 23.5 Å². The fraction of sp³-hybridized carbons (Fsp3) is 0.522. The number of anilines is 1. The van der Waals surface area contributed by atoms with Crippen LogP contribution in [-0.4, -0.2) is 68.6 Å². The summed E-state index contributed by atoms with van der Waals surface area (Å²) in [6.45, 7) is 0.442. The number of urea groups is 1. The number of hydrogen-bond acceptors (Lipinski definition) is 7. The average Bonchev–Trinajstić information content (AvgIpc) is 3.27. The summed E-state index contributed by atoms with van der Waals surface area (Å²) in [7, 11) is 0. The lowest BCUT2D eigenvalue weighted by atomic mass is 9.81. The van der Waals surface area contributed by atoms with Gasteiger partial charge in [0.2, 0.25) is 0 Å². The predicted octanol–water partition coefficient (Wildman–Crippen LogP) is 4.27. The number of carbonyl (C=O) groups is 1. The molecule has 34 heavy (non-hydrogen) atoms. The van der Waals surface area contributed by atoms with Crippen LogP contribution in [0.3, 0.4) is 0 Å². The Hall–Kier alpha value is -2.79. The number of aryl methyl sites for hydroxylation is 1. The molecule has 3 atom stereocenters. The summed E-state index contributed by atoms with van der Waals surface area (Å²) in [4.78, 5) is 24.2. The highest BCUT2D eigenvalue weighted by Crippen LogP contribution is 2.35. The molecule has 3 aromatic rings. The number of amides is 2. The lowest BCUT2D eigenvalue weighted by Crippen LogP contribution is -2.60. The fourth-order valence-corrected chi connectivity index (χ4v) is 5.75. The number of rotatable bonds is 6. The van der Waals surface area contributed by atoms with Gasteiger partial charge in [-0.3, -0.25) is 5.32 Å². The quantitative estimate of drug-likeness (QED) is 0.539. The number of nitrogens with one attached hydrogen (secondary N) is 2. The van der Waals surface area contributed by atoms with Crippen LogP contribution in [0.5, 0.6) is 0 Å². The number of halogens is 2. The van der Waals surface area contributed by atoms with Crippen molar-refractivity contribution in [1.82, 2.24) is 30.4 Å². The standard InChI is InChI=1S/C23H27F2N7OS/c1-13-30-31-22(34-13)19-6-5-14-12-26-21(9-20(14)28-19)29-23(33)32-17-3-2-4-18(32)8-15(7-17)27-16(10-24)11-25/h5-6,9,12,15-18,27H,2-4,7-8,10-11H2,1H3,(H,26,29,33)/t15?,17-,18+. The molecule has 1 unspecified atom stereocenters. The monoisotopic (exact) mass is 487 g/mol. The van der Waals surface area contributed by atoms with Crippen LogP contribution >= 0.6 is 11.3 Å². The second-order valence-corrected chi connectivity index (χ2v) is 10.2. The maximum absolute atomic E-state index is 13.2. The summed E-state index contributed by atoms with van der Waals surface area (Å²) in [5.74, 6) is 0.434. The zero-order valence-electron chi connectivity index (χ0n) is 18.9. The molecule has 0 aliphatic carbocycles. The summed E-state index contributed by atoms with van der Waals surface area (Å²) in [5.41, 5.74) is 1.44. The van der Waals surface area contributed by atoms with Crippen molar-refractivity contribution >= 4 is 34.1 Å². The normalized spacial score (nSPS) is 22.4. The first-order valence-corrected chi connectivity index (χ1v) is 12.4. The zero-order chi connectivity index (χ0) is 23.7. The number of fused-ring (bicyclic) bond motifs is 3. The van der Waals surface area contributed by atoms with Gasteiger partial charge in [0.1, 0.15) is 29.9 Å². The molecular formula is C23H27F2N7OS. The number of nitrogens with zero attached hydrogens (tertiary/aromatic N) is 5. The van der Waals surface area contributed by atoms with E-state index in [2.05, 4.69) is 30.8 Å². The SMILES string of the molecule is Cc1nnc(-c2ccc3cnc(NC(=O)N4[C@@H]5CCC[C@H]4CC(NC(CF)CF)C5)cc3n2)s1. The predicted molar refractivity (Wildman–Crippen MR) is 127 cm³/mol. The van der Waals surface area contributed by atoms with Gasteiger partial charge in [0.25, 0.3) is 0 Å². The third-order valence-electron chi connectivity index (χ3n) is 6.61. The van der Waals surface area contributed by atoms with Crippen molar-refractivity contribution < 1.29 is 13.6 Å². The van der Waals surface area contributed by atoms with Crippen molar-refractivity contribution in [2.45, 2.75) is 63.2 Å². The molecule has 2 saturated heterocycles. The van der Waals surface area contributed by atoms with Crippen LogP contribution in [0.2, 0.25) is 0 Å². The van der Waals surface area contributed by atoms with E-state index in [1.807, 2.05) is 24.0 Å². The van der Waals surface area contributed by atoms with Crippen molar-refractivity contribution in [2.24, 2.45) is 0 Å². The molecule has 5 heterocycles. The lowest BCUT2D eigenvalue weighted by molar-refractivity contribution is 0.0565. The van der Waals surface area contributed by atoms with Crippen molar-refractivity contribution in [3.63, 3.8) is 0 Å². The van der Waals surface area contributed by atoms with E-state index in [-0.39, 0.29) is 24.2 Å². The van der Waals surface area contributed by atoms with Gasteiger partial charge in [-0.2, -0.15) is 0 Å². The average molecular weight is 488 g/mol. The molecule has 3 aromatic heterocycles. The molecule has 0 spiro atoms. The van der Waals surface area contributed by atoms with Gasteiger partial charge >= 0.3 is 6.03 Å². The Bertz CT molecular complexity index is 1160. The highest BCUT2D eigenvalue weighted by Gasteiger charge is 2.41. The second-order valence-electron chi connectivity index (χ2n) is 9.00. The first-order valence-electron chi connectivity index (χ1n) is 11.6. The number of aromatic nitrogens is 4. The van der Waals surface area contributed by atoms with Crippen LogP contribution in [0.15, 0.2) is 24.4 Å². The number of pyridine rings is 2. The molecule has 2 bridgehead atoms. The Labute approximate surface area is 200 Å². The first-order chi connectivity index (χ1) is 16.5. The van der Waals surface area contributed by atoms with Crippen molar-refractivity contribution in [3.8, 4) is 10.7 Å². The highest BCUT2D eigenvalue weighted by atomic mass is 32.1. The van der Waals surface area contributed by atoms with Crippen LogP contribution in [0.4, 0.5) is 19.4 Å². The minimum absolute atomic E-state index is 0.0150. The molecule has 8 nitrogen and oxygen atoms in total. The molecule has 2 N–H and O–H groups in total. The van der Waals surface area contributed by atoms with Crippen molar-refractivity contribution in [1.29, 1.82) is 0 Å². The molecule has 0 radical (unpaired) electrons. The van der Waals surface area contributed by atoms with Crippen molar-refractivity contribution in [3.05, 3.63) is 29.4 Å². The van der Waals surface area contributed by atoms with E-state index in [0.717, 1.165) is 40.4 Å². The molecule has 2 aliphatic heterocycles. The van der Waals surface area contributed by atoms with E-state index in [0.29, 0.717) is 24.2 Å². The Morgan fingerprint density at radius 3 is 2.65 bits per heavy atom. The topological polar surface area (TPSA) is 95.9 Å². The van der Waals surface area contributed by atoms with Crippen LogP contribution in [-0.2, 0) is 0 Å². The van der Waals surface area contributed by atoms with Gasteiger partial charge in [-0.1, -0.05) is 11.3 Å². The van der Waals surface area contributed by atoms with Gasteiger partial charge in [-0.05, 0) is 51.2 Å². The summed E-state index contributed by atoms with van der Waals surface area (Å²) < 4.78 is 26.0. The second kappa shape index (κ2) is 9.83. The molecule has 0 aromatic carbocycles. The summed E-state index contributed by atoms with van der Waals surface area (Å²) >= 11 is 1.48. The maximum Gasteiger partial charge on any atom is 0.323 e. The highest BCUT2D eigenvalue weighted by molar-refractivity contribution is 7.14. The van der Waals surface area contributed by atoms with Crippen LogP contribution in [0.1, 0.15) is 37.1 Å². The number of alkyl halides is 2. The lowest BCUT2D eigenvalue weighted by Gasteiger charge is -2.49. The van der Waals surface area contributed by atoms with Gasteiger partial charge < -0.3 is 10.2 Å². The third-order valence-corrected chi connectivity index (χ3v) is 7.47. The molecular weight excluding hydrogens is 460 g/mol. The Kier molecular flexibility index (Phi) is 6.64. The molecule has 2 amide bonds. The number of hydrogen-bond donors (Lipinski definition) is 2. The fourth-order valence-electron chi connectivity index (χ4n) is 5.09. The Morgan fingerprint density at radius 2 is 1.97 bits per heavy atom. The number of piperidine rings is 2. The van der Waals surface area contributed by atoms with Gasteiger partial charge in [-0.15, -0.1) is 10.2 Å². The van der Waals surface area contributed by atoms with Gasteiger partial charge in [0.05, 0.1) is 11.6 Å². The van der Waals surface area contributed by atoms with Gasteiger partial charge in [0.15, 0.2) is 5.01 Å². The summed E-state index contributed by atoms with van der Waals surface area (Å²) in [6, 6.07) is 4.71. The van der Waals surface area contributed by atoms with E-state index in [1.165, 1.54) is 11.3 Å². The first kappa shape index (κ1) is 23.0. The van der Waals surface area contributed by atoms with Crippen LogP contribution in [0.25, 0.3) is 21.6 Å². The number of carbonyl (C=O) groups excluding carboxylic acids is 1. The summed E-state index contributed by atoms with van der Waals surface area (Å²) in [5, 5.41) is 16.7. The van der Waals surface area contributed by atoms with E-state index in [1.54, 1.807) is 12.3 Å². The molecule has 11 heteroatoms. The van der Waals surface area contributed by atoms with E-state index >= 15 is 0 Å². The largest absolute Gasteiger partial charge is 0.323 e. The van der Waals surface area contributed by atoms with Crippen molar-refractivity contribution in [2.75, 3.05) is 18.7 Å². The maximum atomic E-state index is 13.2. The van der Waals surface area contributed by atoms with E-state index in [4.69, 9.17) is 0 Å². The molecule has 2 aliphatic rings. The van der Waals surface area contributed by atoms with E-state index < -0.39 is 19.4 Å². The summed E-state index contributed by atoms with van der Waals surface area (Å²) in [6.07, 6.45) is 5.89. The molecule has 180 valence electrons. The third kappa shape index (κ3) is 4.72. The van der Waals surface area contributed by atoms with Crippen LogP contribution in [0, 0.1) is 6.92 Å². The smallest absolute Gasteiger partial charge is 0.318 e. The zero-order valence-corrected chi connectivity index (χ0v) is 19.7. The van der Waals surface area contributed by atoms with E-state index in [9.17, 15) is 13.6 Å². The van der Waals surface area contributed by atoms with Gasteiger partial charge in [0, 0.05) is 35.8 Å². The minimum atomic E-state index is -0.769. The Morgan fingerprint density at radius 1 is 1.21 bits per heavy atom. The Balaban J connectivity index is 1.31. The molecule has 2 fully saturated rings. The molecule has 0 saturated carbocycles. The van der Waals surface area contributed by atoms with Crippen LogP contribution < -0.4 is 10.6 Å². The molecule has 5 rings (SSSR count).